The normalized spacial score (nSPS) is 14.3. The average molecular weight is 431 g/mol. The average Bonchev–Trinajstić information content (AvgIpc) is 2.82. The van der Waals surface area contributed by atoms with Crippen molar-refractivity contribution >= 4 is 16.9 Å². The molecule has 0 fully saturated rings. The highest BCUT2D eigenvalue weighted by Gasteiger charge is 2.37. The van der Waals surface area contributed by atoms with Crippen LogP contribution in [0.4, 0.5) is 0 Å². The summed E-state index contributed by atoms with van der Waals surface area (Å²) in [6.45, 7) is 0. The Balaban J connectivity index is 1.87. The predicted octanol–water partition coefficient (Wildman–Crippen LogP) is 4.07. The maximum Gasteiger partial charge on any atom is 0.306 e. The topological polar surface area (TPSA) is 119 Å². The van der Waals surface area contributed by atoms with Crippen molar-refractivity contribution in [1.82, 2.24) is 4.98 Å². The molecule has 8 nitrogen and oxygen atoms in total. The number of phenolic OH excluding ortho intramolecular Hbond substituents is 2. The number of hydrogen-bond donors (Lipinski definition) is 2. The number of aromatic hydroxyl groups is 2. The molecule has 2 aromatic heterocycles. The predicted molar refractivity (Wildman–Crippen MR) is 114 cm³/mol. The van der Waals surface area contributed by atoms with Crippen LogP contribution in [-0.2, 0) is 9.53 Å². The number of pyridine rings is 1. The summed E-state index contributed by atoms with van der Waals surface area (Å²) in [5, 5.41) is 21.1. The van der Waals surface area contributed by atoms with Crippen molar-refractivity contribution in [2.75, 3.05) is 7.11 Å². The number of rotatable bonds is 3. The summed E-state index contributed by atoms with van der Waals surface area (Å²) in [6, 6.07) is 13.6. The molecule has 0 unspecified atom stereocenters. The van der Waals surface area contributed by atoms with Gasteiger partial charge in [0.05, 0.1) is 19.1 Å². The highest BCUT2D eigenvalue weighted by molar-refractivity contribution is 5.94. The van der Waals surface area contributed by atoms with Crippen LogP contribution in [0.2, 0.25) is 0 Å². The minimum Gasteiger partial charge on any atom is -0.504 e. The van der Waals surface area contributed by atoms with Gasteiger partial charge in [0.2, 0.25) is 11.6 Å². The maximum atomic E-state index is 13.0. The number of ether oxygens (including phenoxy) is 2. The zero-order valence-corrected chi connectivity index (χ0v) is 16.9. The first-order chi connectivity index (χ1) is 15.5. The lowest BCUT2D eigenvalue weighted by Gasteiger charge is -2.28. The first kappa shape index (κ1) is 19.6. The molecule has 4 aromatic rings. The van der Waals surface area contributed by atoms with Crippen molar-refractivity contribution in [2.45, 2.75) is 12.3 Å². The van der Waals surface area contributed by atoms with Crippen LogP contribution in [0.5, 0.6) is 23.1 Å². The molecule has 0 amide bonds. The molecule has 8 heteroatoms. The first-order valence-electron chi connectivity index (χ1n) is 9.80. The second kappa shape index (κ2) is 7.42. The third kappa shape index (κ3) is 2.96. The van der Waals surface area contributed by atoms with Gasteiger partial charge in [-0.25, -0.2) is 4.98 Å². The van der Waals surface area contributed by atoms with Gasteiger partial charge in [0, 0.05) is 29.3 Å². The van der Waals surface area contributed by atoms with Gasteiger partial charge in [-0.2, -0.15) is 0 Å². The molecule has 0 spiro atoms. The fraction of sp³-hybridized carbons (Fsp3) is 0.125. The summed E-state index contributed by atoms with van der Waals surface area (Å²) in [4.78, 5) is 29.4. The van der Waals surface area contributed by atoms with Crippen molar-refractivity contribution in [3.05, 3.63) is 76.1 Å². The van der Waals surface area contributed by atoms with Crippen molar-refractivity contribution in [1.29, 1.82) is 0 Å². The summed E-state index contributed by atoms with van der Waals surface area (Å²) in [5.74, 6) is -2.18. The molecule has 32 heavy (non-hydrogen) atoms. The molecule has 2 aromatic carbocycles. The third-order valence-corrected chi connectivity index (χ3v) is 5.49. The SMILES string of the molecule is COC(=O)C[C@H]1c2cccnc2Oc2c(O)c(O)c3c(=O)cc(-c4ccccc4)oc3c21. The lowest BCUT2D eigenvalue weighted by Crippen LogP contribution is -2.17. The highest BCUT2D eigenvalue weighted by atomic mass is 16.5. The zero-order chi connectivity index (χ0) is 22.4. The van der Waals surface area contributed by atoms with E-state index >= 15 is 0 Å². The van der Waals surface area contributed by atoms with Gasteiger partial charge in [-0.3, -0.25) is 9.59 Å². The molecule has 0 radical (unpaired) electrons. The van der Waals surface area contributed by atoms with Crippen LogP contribution >= 0.6 is 0 Å². The number of fused-ring (bicyclic) bond motifs is 4. The summed E-state index contributed by atoms with van der Waals surface area (Å²) in [5.41, 5.74) is 0.941. The number of esters is 1. The second-order valence-corrected chi connectivity index (χ2v) is 7.32. The monoisotopic (exact) mass is 431 g/mol. The number of phenols is 2. The lowest BCUT2D eigenvalue weighted by molar-refractivity contribution is -0.140. The van der Waals surface area contributed by atoms with Gasteiger partial charge in [-0.15, -0.1) is 0 Å². The molecule has 160 valence electrons. The largest absolute Gasteiger partial charge is 0.504 e. The number of carbonyl (C=O) groups excluding carboxylic acids is 1. The van der Waals surface area contributed by atoms with Crippen molar-refractivity contribution in [2.24, 2.45) is 0 Å². The summed E-state index contributed by atoms with van der Waals surface area (Å²) < 4.78 is 16.8. The summed E-state index contributed by atoms with van der Waals surface area (Å²) in [7, 11) is 1.27. The summed E-state index contributed by atoms with van der Waals surface area (Å²) in [6.07, 6.45) is 1.38. The van der Waals surface area contributed by atoms with E-state index in [0.717, 1.165) is 0 Å². The van der Waals surface area contributed by atoms with Crippen LogP contribution in [0.3, 0.4) is 0 Å². The molecule has 3 heterocycles. The van der Waals surface area contributed by atoms with E-state index in [1.165, 1.54) is 19.4 Å². The number of nitrogens with zero attached hydrogens (tertiary/aromatic N) is 1. The molecule has 1 atom stereocenters. The van der Waals surface area contributed by atoms with Crippen LogP contribution in [0.1, 0.15) is 23.5 Å². The van der Waals surface area contributed by atoms with E-state index in [9.17, 15) is 19.8 Å². The Hall–Kier alpha value is -4.33. The number of methoxy groups -OCH3 is 1. The van der Waals surface area contributed by atoms with Crippen molar-refractivity contribution < 1.29 is 28.9 Å². The number of benzene rings is 2. The van der Waals surface area contributed by atoms with Crippen LogP contribution in [0.25, 0.3) is 22.3 Å². The van der Waals surface area contributed by atoms with Crippen LogP contribution in [0.15, 0.2) is 63.9 Å². The van der Waals surface area contributed by atoms with Gasteiger partial charge >= 0.3 is 5.97 Å². The molecule has 0 bridgehead atoms. The zero-order valence-electron chi connectivity index (χ0n) is 16.9. The second-order valence-electron chi connectivity index (χ2n) is 7.32. The molecule has 2 N–H and O–H groups in total. The van der Waals surface area contributed by atoms with E-state index < -0.39 is 28.8 Å². The third-order valence-electron chi connectivity index (χ3n) is 5.49. The molecule has 0 saturated carbocycles. The van der Waals surface area contributed by atoms with Gasteiger partial charge < -0.3 is 24.1 Å². The van der Waals surface area contributed by atoms with E-state index in [0.29, 0.717) is 11.1 Å². The van der Waals surface area contributed by atoms with Gasteiger partial charge in [0.15, 0.2) is 16.9 Å². The Morgan fingerprint density at radius 1 is 1.12 bits per heavy atom. The number of carbonyl (C=O) groups is 1. The van der Waals surface area contributed by atoms with Crippen LogP contribution in [-0.4, -0.2) is 28.3 Å². The molecule has 0 aliphatic carbocycles. The van der Waals surface area contributed by atoms with Gasteiger partial charge in [0.25, 0.3) is 0 Å². The van der Waals surface area contributed by atoms with Gasteiger partial charge in [0.1, 0.15) is 16.7 Å². The molecular weight excluding hydrogens is 414 g/mol. The van der Waals surface area contributed by atoms with E-state index in [1.54, 1.807) is 36.4 Å². The number of hydrogen-bond acceptors (Lipinski definition) is 8. The summed E-state index contributed by atoms with van der Waals surface area (Å²) >= 11 is 0. The smallest absolute Gasteiger partial charge is 0.306 e. The fourth-order valence-electron chi connectivity index (χ4n) is 4.00. The lowest BCUT2D eigenvalue weighted by atomic mass is 9.85. The van der Waals surface area contributed by atoms with E-state index in [1.807, 2.05) is 6.07 Å². The van der Waals surface area contributed by atoms with Crippen LogP contribution < -0.4 is 10.2 Å². The quantitative estimate of drug-likeness (QED) is 0.368. The standard InChI is InChI=1S/C24H17NO7/c1-30-17(27)10-14-13-8-5-9-25-24(13)32-23-18(14)22-19(20(28)21(23)29)15(26)11-16(31-22)12-6-3-2-4-7-12/h2-9,11,14,28-29H,10H2,1H3/t14-/m0/s1. The van der Waals surface area contributed by atoms with Gasteiger partial charge in [-0.05, 0) is 6.07 Å². The first-order valence-corrected chi connectivity index (χ1v) is 9.80. The molecule has 5 rings (SSSR count). The Labute approximate surface area is 181 Å². The van der Waals surface area contributed by atoms with Crippen molar-refractivity contribution in [3.8, 4) is 34.5 Å². The minimum atomic E-state index is -0.696. The Morgan fingerprint density at radius 3 is 2.66 bits per heavy atom. The van der Waals surface area contributed by atoms with E-state index in [2.05, 4.69) is 4.98 Å². The Bertz CT molecular complexity index is 1430. The Morgan fingerprint density at radius 2 is 1.91 bits per heavy atom. The Kier molecular flexibility index (Phi) is 4.55. The van der Waals surface area contributed by atoms with Crippen molar-refractivity contribution in [3.63, 3.8) is 0 Å². The molecule has 1 aliphatic rings. The molecule has 0 saturated heterocycles. The van der Waals surface area contributed by atoms with Gasteiger partial charge in [-0.1, -0.05) is 36.4 Å². The van der Waals surface area contributed by atoms with E-state index in [-0.39, 0.29) is 40.3 Å². The van der Waals surface area contributed by atoms with E-state index in [4.69, 9.17) is 13.9 Å². The number of aromatic nitrogens is 1. The molecular formula is C24H17NO7. The molecule has 1 aliphatic heterocycles. The van der Waals surface area contributed by atoms with Crippen LogP contribution in [0, 0.1) is 0 Å². The minimum absolute atomic E-state index is 0.0186. The highest BCUT2D eigenvalue weighted by Crippen LogP contribution is 2.55. The maximum absolute atomic E-state index is 13.0. The fourth-order valence-corrected chi connectivity index (χ4v) is 4.00.